The van der Waals surface area contributed by atoms with Crippen molar-refractivity contribution < 1.29 is 33.1 Å². The summed E-state index contributed by atoms with van der Waals surface area (Å²) in [6, 6.07) is 8.57. The maximum atomic E-state index is 15.4. The minimum Gasteiger partial charge on any atom is -0.490 e. The van der Waals surface area contributed by atoms with Gasteiger partial charge in [-0.25, -0.2) is 14.4 Å². The molecule has 5 fully saturated rings. The zero-order valence-electron chi connectivity index (χ0n) is 32.3. The third-order valence-electron chi connectivity index (χ3n) is 12.7. The lowest BCUT2D eigenvalue weighted by molar-refractivity contribution is -0.136. The highest BCUT2D eigenvalue weighted by atomic mass is 35.5. The molecule has 2 aromatic carbocycles. The number of ether oxygens (including phenoxy) is 1. The maximum Gasteiger partial charge on any atom is 0.271 e. The molecular weight excluding hydrogens is 781 g/mol. The highest BCUT2D eigenvalue weighted by Crippen LogP contribution is 2.44. The number of imide groups is 2. The van der Waals surface area contributed by atoms with E-state index in [1.807, 2.05) is 11.0 Å². The normalized spacial score (nSPS) is 24.3. The van der Waals surface area contributed by atoms with Crippen LogP contribution in [0.4, 0.5) is 15.9 Å². The zero-order chi connectivity index (χ0) is 41.0. The molecule has 5 aliphatic heterocycles. The van der Waals surface area contributed by atoms with Crippen LogP contribution in [0.25, 0.3) is 0 Å². The average Bonchev–Trinajstić information content (AvgIpc) is 3.43. The lowest BCUT2D eigenvalue weighted by Crippen LogP contribution is -2.72. The van der Waals surface area contributed by atoms with Crippen LogP contribution in [0.15, 0.2) is 42.7 Å². The predicted octanol–water partition coefficient (Wildman–Crippen LogP) is 3.70. The van der Waals surface area contributed by atoms with Crippen molar-refractivity contribution in [1.82, 2.24) is 30.4 Å². The van der Waals surface area contributed by atoms with Crippen molar-refractivity contribution in [3.05, 3.63) is 75.9 Å². The first-order chi connectivity index (χ1) is 28.5. The second-order valence-corrected chi connectivity index (χ2v) is 17.2. The van der Waals surface area contributed by atoms with E-state index in [1.54, 1.807) is 30.6 Å². The zero-order valence-corrected chi connectivity index (χ0v) is 33.0. The number of likely N-dealkylation sites (tertiary alicyclic amines) is 1. The number of fused-ring (bicyclic) bond motifs is 1. The van der Waals surface area contributed by atoms with Crippen molar-refractivity contribution in [3.8, 4) is 11.8 Å². The van der Waals surface area contributed by atoms with Gasteiger partial charge in [-0.05, 0) is 75.1 Å². The molecule has 0 radical (unpaired) electrons. The number of hydrogen-bond donors (Lipinski definition) is 2. The summed E-state index contributed by atoms with van der Waals surface area (Å²) in [5, 5.41) is 14.7. The van der Waals surface area contributed by atoms with Gasteiger partial charge in [-0.1, -0.05) is 11.6 Å². The molecule has 0 bridgehead atoms. The van der Waals surface area contributed by atoms with E-state index in [-0.39, 0.29) is 58.8 Å². The molecule has 2 N–H and O–H groups in total. The lowest BCUT2D eigenvalue weighted by Gasteiger charge is -2.61. The molecule has 1 unspecified atom stereocenters. The molecule has 1 aromatic heterocycles. The minimum absolute atomic E-state index is 0.0104. The van der Waals surface area contributed by atoms with Crippen molar-refractivity contribution in [2.45, 2.75) is 69.6 Å². The third kappa shape index (κ3) is 7.57. The van der Waals surface area contributed by atoms with Gasteiger partial charge in [-0.2, -0.15) is 5.26 Å². The average molecular weight is 824 g/mol. The number of benzene rings is 2. The number of carbonyl (C=O) groups excluding carboxylic acids is 5. The number of rotatable bonds is 9. The van der Waals surface area contributed by atoms with E-state index in [1.165, 1.54) is 6.07 Å². The molecule has 1 aliphatic carbocycles. The molecule has 9 rings (SSSR count). The Kier molecular flexibility index (Phi) is 10.2. The molecule has 1 atom stereocenters. The fourth-order valence-electron chi connectivity index (χ4n) is 9.63. The Morgan fingerprint density at radius 2 is 1.66 bits per heavy atom. The number of piperidine rings is 2. The summed E-state index contributed by atoms with van der Waals surface area (Å²) < 4.78 is 21.4. The van der Waals surface area contributed by atoms with Crippen LogP contribution >= 0.6 is 11.6 Å². The van der Waals surface area contributed by atoms with Gasteiger partial charge in [0.15, 0.2) is 0 Å². The van der Waals surface area contributed by atoms with Crippen molar-refractivity contribution in [2.24, 2.45) is 11.3 Å². The van der Waals surface area contributed by atoms with Gasteiger partial charge in [-0.3, -0.25) is 34.2 Å². The minimum atomic E-state index is -1.10. The summed E-state index contributed by atoms with van der Waals surface area (Å²) in [6.45, 7) is 5.80. The lowest BCUT2D eigenvalue weighted by atomic mass is 9.72. The second-order valence-electron chi connectivity index (χ2n) is 16.8. The molecule has 1 saturated carbocycles. The van der Waals surface area contributed by atoms with Crippen molar-refractivity contribution in [3.63, 3.8) is 0 Å². The van der Waals surface area contributed by atoms with Gasteiger partial charge in [0.25, 0.3) is 17.7 Å². The van der Waals surface area contributed by atoms with Gasteiger partial charge in [-0.15, -0.1) is 0 Å². The number of carbonyl (C=O) groups is 5. The van der Waals surface area contributed by atoms with E-state index in [0.717, 1.165) is 88.0 Å². The number of aromatic nitrogens is 2. The van der Waals surface area contributed by atoms with Gasteiger partial charge >= 0.3 is 0 Å². The summed E-state index contributed by atoms with van der Waals surface area (Å²) in [5.74, 6) is -1.41. The van der Waals surface area contributed by atoms with Crippen molar-refractivity contribution >= 4 is 52.6 Å². The van der Waals surface area contributed by atoms with Crippen molar-refractivity contribution in [2.75, 3.05) is 55.6 Å². The topological polar surface area (TPSA) is 181 Å². The molecule has 59 heavy (non-hydrogen) atoms. The number of hydrogen-bond acceptors (Lipinski definition) is 12. The molecule has 15 nitrogen and oxygen atoms in total. The molecule has 306 valence electrons. The molecule has 5 amide bonds. The quantitative estimate of drug-likeness (QED) is 0.299. The summed E-state index contributed by atoms with van der Waals surface area (Å²) >= 11 is 6.14. The third-order valence-corrected chi connectivity index (χ3v) is 13.0. The highest BCUT2D eigenvalue weighted by Gasteiger charge is 2.53. The Balaban J connectivity index is 0.694. The van der Waals surface area contributed by atoms with Crippen LogP contribution in [-0.4, -0.2) is 113 Å². The maximum absolute atomic E-state index is 15.4. The molecule has 17 heteroatoms. The van der Waals surface area contributed by atoms with Crippen molar-refractivity contribution in [1.29, 1.82) is 5.26 Å². The van der Waals surface area contributed by atoms with E-state index in [2.05, 4.69) is 30.4 Å². The van der Waals surface area contributed by atoms with Crippen LogP contribution in [0.3, 0.4) is 0 Å². The van der Waals surface area contributed by atoms with Gasteiger partial charge in [0.1, 0.15) is 35.2 Å². The number of amides is 5. The Morgan fingerprint density at radius 1 is 0.932 bits per heavy atom. The number of halogens is 2. The SMILES string of the molecule is N#Cc1ccc(OC2CCC(NC(=O)c3cnc(N4CCC(CN5CC6(C5)CN(c5cc7c(cc5F)C(=O)N(C5CCC(=O)NC5=O)C7=O)C6)CC4)cn3)CC2)cc1Cl. The van der Waals surface area contributed by atoms with Gasteiger partial charge < -0.3 is 24.8 Å². The number of nitrogens with zero attached hydrogens (tertiary/aromatic N) is 7. The van der Waals surface area contributed by atoms with Gasteiger partial charge in [0.05, 0.1) is 45.9 Å². The summed E-state index contributed by atoms with van der Waals surface area (Å²) in [7, 11) is 0. The summed E-state index contributed by atoms with van der Waals surface area (Å²) in [4.78, 5) is 79.8. The molecule has 6 heterocycles. The smallest absolute Gasteiger partial charge is 0.271 e. The van der Waals surface area contributed by atoms with Crippen LogP contribution in [-0.2, 0) is 9.59 Å². The Hall–Kier alpha value is -5.66. The largest absolute Gasteiger partial charge is 0.490 e. The van der Waals surface area contributed by atoms with Crippen LogP contribution in [0, 0.1) is 28.5 Å². The highest BCUT2D eigenvalue weighted by molar-refractivity contribution is 6.31. The first kappa shape index (κ1) is 38.8. The Bertz CT molecular complexity index is 2260. The van der Waals surface area contributed by atoms with Gasteiger partial charge in [0.2, 0.25) is 11.8 Å². The standard InChI is InChI=1S/C42H43ClFN9O6/c43-31-13-28(4-1-25(31)16-45)59-27-5-2-26(3-6-27)48-38(55)33-17-47-36(18-46-33)51-11-9-24(10-12-51)19-50-20-42(21-50)22-52(23-42)35-15-30-29(14-32(35)44)40(57)53(41(30)58)34-7-8-37(54)49-39(34)56/h1,4,13-15,17-18,24,26-27,34H,2-3,5-12,19-23H2,(H,48,55)(H,49,54,56). The Labute approximate surface area is 344 Å². The van der Waals surface area contributed by atoms with Gasteiger partial charge in [0, 0.05) is 69.8 Å². The first-order valence-corrected chi connectivity index (χ1v) is 20.6. The monoisotopic (exact) mass is 823 g/mol. The van der Waals surface area contributed by atoms with E-state index in [4.69, 9.17) is 21.6 Å². The summed E-state index contributed by atoms with van der Waals surface area (Å²) in [6.07, 6.45) is 8.42. The van der Waals surface area contributed by atoms with Crippen LogP contribution in [0.2, 0.25) is 5.02 Å². The number of nitriles is 1. The Morgan fingerprint density at radius 3 is 2.32 bits per heavy atom. The number of nitrogens with one attached hydrogen (secondary N) is 2. The number of anilines is 2. The first-order valence-electron chi connectivity index (χ1n) is 20.2. The van der Waals surface area contributed by atoms with E-state index in [0.29, 0.717) is 35.3 Å². The predicted molar refractivity (Wildman–Crippen MR) is 211 cm³/mol. The van der Waals surface area contributed by atoms with E-state index in [9.17, 15) is 24.0 Å². The molecule has 1 spiro atoms. The molecule has 4 saturated heterocycles. The van der Waals surface area contributed by atoms with Crippen LogP contribution in [0.5, 0.6) is 5.75 Å². The molecular formula is C42H43ClFN9O6. The van der Waals surface area contributed by atoms with E-state index < -0.39 is 35.5 Å². The fourth-order valence-corrected chi connectivity index (χ4v) is 9.85. The summed E-state index contributed by atoms with van der Waals surface area (Å²) in [5.41, 5.74) is 1.05. The van der Waals surface area contributed by atoms with E-state index >= 15 is 4.39 Å². The van der Waals surface area contributed by atoms with Crippen LogP contribution in [0.1, 0.15) is 88.1 Å². The fraction of sp³-hybridized carbons (Fsp3) is 0.476. The molecule has 6 aliphatic rings. The molecule has 3 aromatic rings. The van der Waals surface area contributed by atoms with Crippen LogP contribution < -0.4 is 25.2 Å². The second kappa shape index (κ2) is 15.5.